The fourth-order valence-electron chi connectivity index (χ4n) is 5.74. The first-order valence-electron chi connectivity index (χ1n) is 11.7. The molecule has 35 heavy (non-hydrogen) atoms. The van der Waals surface area contributed by atoms with E-state index in [9.17, 15) is 24.5 Å². The first-order valence-corrected chi connectivity index (χ1v) is 11.7. The third-order valence-electron chi connectivity index (χ3n) is 7.25. The van der Waals surface area contributed by atoms with Crippen LogP contribution in [-0.4, -0.2) is 47.6 Å². The Morgan fingerprint density at radius 3 is 2.51 bits per heavy atom. The first-order chi connectivity index (χ1) is 16.7. The average molecular weight is 479 g/mol. The SMILES string of the molecule is CCc1ccc(N2C(=O)NC(=O)[C@]3(Cc4cc([N+](=O)[O-])ccc4N4C[C@H](C)O[C@@H](C)[C@H]43)C2=O)cc1. The van der Waals surface area contributed by atoms with Crippen LogP contribution in [0.4, 0.5) is 21.9 Å². The zero-order chi connectivity index (χ0) is 25.1. The number of barbiturate groups is 1. The highest BCUT2D eigenvalue weighted by molar-refractivity contribution is 6.30. The van der Waals surface area contributed by atoms with Gasteiger partial charge in [0.1, 0.15) is 0 Å². The predicted molar refractivity (Wildman–Crippen MR) is 127 cm³/mol. The van der Waals surface area contributed by atoms with E-state index in [1.165, 1.54) is 12.1 Å². The van der Waals surface area contributed by atoms with E-state index in [1.54, 1.807) is 18.2 Å². The smallest absolute Gasteiger partial charge is 0.335 e. The van der Waals surface area contributed by atoms with Crippen molar-refractivity contribution in [3.8, 4) is 0 Å². The maximum Gasteiger partial charge on any atom is 0.335 e. The van der Waals surface area contributed by atoms with Gasteiger partial charge in [-0.15, -0.1) is 0 Å². The minimum atomic E-state index is -1.71. The van der Waals surface area contributed by atoms with Crippen LogP contribution in [0.15, 0.2) is 42.5 Å². The molecule has 2 fully saturated rings. The van der Waals surface area contributed by atoms with Crippen LogP contribution < -0.4 is 15.1 Å². The summed E-state index contributed by atoms with van der Waals surface area (Å²) in [5.41, 5.74) is 0.793. The van der Waals surface area contributed by atoms with Gasteiger partial charge in [-0.3, -0.25) is 25.0 Å². The summed E-state index contributed by atoms with van der Waals surface area (Å²) in [4.78, 5) is 54.6. The maximum absolute atomic E-state index is 14.2. The summed E-state index contributed by atoms with van der Waals surface area (Å²) in [6.45, 7) is 6.09. The van der Waals surface area contributed by atoms with Crippen LogP contribution in [0.1, 0.15) is 31.9 Å². The van der Waals surface area contributed by atoms with Gasteiger partial charge >= 0.3 is 6.03 Å². The van der Waals surface area contributed by atoms with Gasteiger partial charge in [0.25, 0.3) is 11.6 Å². The molecule has 0 unspecified atom stereocenters. The topological polar surface area (TPSA) is 122 Å². The molecule has 3 aliphatic rings. The normalized spacial score (nSPS) is 28.0. The monoisotopic (exact) mass is 478 g/mol. The Balaban J connectivity index is 1.68. The molecule has 10 heteroatoms. The average Bonchev–Trinajstić information content (AvgIpc) is 2.82. The number of carbonyl (C=O) groups is 3. The molecule has 0 saturated carbocycles. The Morgan fingerprint density at radius 2 is 1.86 bits per heavy atom. The summed E-state index contributed by atoms with van der Waals surface area (Å²) in [6, 6.07) is 10.0. The molecule has 5 rings (SSSR count). The lowest BCUT2D eigenvalue weighted by molar-refractivity contribution is -0.384. The Kier molecular flexibility index (Phi) is 5.36. The molecular formula is C25H26N4O6. The highest BCUT2D eigenvalue weighted by atomic mass is 16.6. The number of fused-ring (bicyclic) bond motifs is 4. The van der Waals surface area contributed by atoms with Crippen molar-refractivity contribution >= 4 is 34.9 Å². The largest absolute Gasteiger partial charge is 0.372 e. The number of nitrogens with zero attached hydrogens (tertiary/aromatic N) is 3. The lowest BCUT2D eigenvalue weighted by Crippen LogP contribution is -2.76. The Labute approximate surface area is 202 Å². The van der Waals surface area contributed by atoms with Crippen molar-refractivity contribution in [3.05, 3.63) is 63.7 Å². The molecular weight excluding hydrogens is 452 g/mol. The van der Waals surface area contributed by atoms with E-state index >= 15 is 0 Å². The number of morpholine rings is 1. The summed E-state index contributed by atoms with van der Waals surface area (Å²) >= 11 is 0. The number of rotatable bonds is 3. The zero-order valence-electron chi connectivity index (χ0n) is 19.7. The van der Waals surface area contributed by atoms with Gasteiger partial charge in [0.2, 0.25) is 5.91 Å². The summed E-state index contributed by atoms with van der Waals surface area (Å²) < 4.78 is 6.07. The highest BCUT2D eigenvalue weighted by Crippen LogP contribution is 2.48. The van der Waals surface area contributed by atoms with Crippen molar-refractivity contribution in [2.75, 3.05) is 16.3 Å². The number of aryl methyl sites for hydroxylation is 1. The van der Waals surface area contributed by atoms with Crippen molar-refractivity contribution in [3.63, 3.8) is 0 Å². The highest BCUT2D eigenvalue weighted by Gasteiger charge is 2.65. The molecule has 0 radical (unpaired) electrons. The number of nitro groups is 1. The summed E-state index contributed by atoms with van der Waals surface area (Å²) in [5, 5.41) is 13.9. The molecule has 10 nitrogen and oxygen atoms in total. The molecule has 0 aliphatic carbocycles. The number of imide groups is 2. The van der Waals surface area contributed by atoms with Crippen LogP contribution >= 0.6 is 0 Å². The number of nitrogens with one attached hydrogen (secondary N) is 1. The minimum absolute atomic E-state index is 0.0885. The third kappa shape index (κ3) is 3.39. The second-order valence-corrected chi connectivity index (χ2v) is 9.39. The molecule has 0 aromatic heterocycles. The van der Waals surface area contributed by atoms with Crippen LogP contribution in [0.2, 0.25) is 0 Å². The number of benzene rings is 2. The van der Waals surface area contributed by atoms with Crippen LogP contribution in [0.25, 0.3) is 0 Å². The van der Waals surface area contributed by atoms with Gasteiger partial charge in [-0.05, 0) is 49.6 Å². The van der Waals surface area contributed by atoms with Gasteiger partial charge in [-0.1, -0.05) is 19.1 Å². The fraction of sp³-hybridized carbons (Fsp3) is 0.400. The van der Waals surface area contributed by atoms with Crippen molar-refractivity contribution in [1.29, 1.82) is 0 Å². The summed E-state index contributed by atoms with van der Waals surface area (Å²) in [7, 11) is 0. The number of non-ortho nitro benzene ring substituents is 1. The van der Waals surface area contributed by atoms with Crippen molar-refractivity contribution < 1.29 is 24.0 Å². The van der Waals surface area contributed by atoms with Gasteiger partial charge in [-0.25, -0.2) is 9.69 Å². The third-order valence-corrected chi connectivity index (χ3v) is 7.25. The molecule has 3 aliphatic heterocycles. The number of anilines is 2. The molecule has 2 saturated heterocycles. The second-order valence-electron chi connectivity index (χ2n) is 9.39. The Hall–Kier alpha value is -3.79. The van der Waals surface area contributed by atoms with E-state index in [2.05, 4.69) is 5.32 Å². The van der Waals surface area contributed by atoms with Crippen LogP contribution in [0.5, 0.6) is 0 Å². The Morgan fingerprint density at radius 1 is 1.14 bits per heavy atom. The standard InChI is InChI=1S/C25H26N4O6/c1-4-16-5-7-18(8-6-16)28-23(31)25(22(30)26-24(28)32)12-17-11-19(29(33)34)9-10-20(17)27-13-14(2)35-15(3)21(25)27/h5-11,14-15,21H,4,12-13H2,1-3H3,(H,26,30,32)/t14-,15-,21-,25+/m0/s1. The van der Waals surface area contributed by atoms with Gasteiger partial charge in [0.15, 0.2) is 5.41 Å². The molecule has 4 amide bonds. The van der Waals surface area contributed by atoms with Gasteiger partial charge < -0.3 is 9.64 Å². The van der Waals surface area contributed by atoms with Gasteiger partial charge in [0.05, 0.1) is 28.9 Å². The fourth-order valence-corrected chi connectivity index (χ4v) is 5.74. The van der Waals surface area contributed by atoms with Crippen LogP contribution in [0, 0.1) is 15.5 Å². The number of carbonyl (C=O) groups excluding carboxylic acids is 3. The van der Waals surface area contributed by atoms with E-state index in [1.807, 2.05) is 37.8 Å². The Bertz CT molecular complexity index is 1250. The predicted octanol–water partition coefficient (Wildman–Crippen LogP) is 2.96. The van der Waals surface area contributed by atoms with E-state index < -0.39 is 40.3 Å². The van der Waals surface area contributed by atoms with E-state index in [4.69, 9.17) is 4.74 Å². The molecule has 2 aromatic carbocycles. The number of hydrogen-bond acceptors (Lipinski definition) is 7. The quantitative estimate of drug-likeness (QED) is 0.409. The number of amides is 4. The van der Waals surface area contributed by atoms with E-state index in [0.717, 1.165) is 22.6 Å². The van der Waals surface area contributed by atoms with Crippen molar-refractivity contribution in [2.24, 2.45) is 5.41 Å². The number of hydrogen-bond donors (Lipinski definition) is 1. The van der Waals surface area contributed by atoms with Crippen LogP contribution in [0.3, 0.4) is 0 Å². The molecule has 1 N–H and O–H groups in total. The second kappa shape index (κ2) is 8.16. The molecule has 182 valence electrons. The molecule has 4 atom stereocenters. The zero-order valence-corrected chi connectivity index (χ0v) is 19.7. The number of ether oxygens (including phenoxy) is 1. The molecule has 1 spiro atoms. The molecule has 2 aromatic rings. The molecule has 3 heterocycles. The summed E-state index contributed by atoms with van der Waals surface area (Å²) in [5.74, 6) is -1.38. The maximum atomic E-state index is 14.2. The van der Waals surface area contributed by atoms with Crippen molar-refractivity contribution in [1.82, 2.24) is 5.32 Å². The van der Waals surface area contributed by atoms with E-state index in [0.29, 0.717) is 17.8 Å². The van der Waals surface area contributed by atoms with Crippen molar-refractivity contribution in [2.45, 2.75) is 51.9 Å². The number of urea groups is 1. The number of nitro benzene ring substituents is 1. The lowest BCUT2D eigenvalue weighted by atomic mass is 9.66. The first kappa shape index (κ1) is 23.0. The van der Waals surface area contributed by atoms with Gasteiger partial charge in [-0.2, -0.15) is 0 Å². The minimum Gasteiger partial charge on any atom is -0.372 e. The molecule has 0 bridgehead atoms. The van der Waals surface area contributed by atoms with E-state index in [-0.39, 0.29) is 18.2 Å². The van der Waals surface area contributed by atoms with Crippen LogP contribution in [-0.2, 0) is 27.2 Å². The summed E-state index contributed by atoms with van der Waals surface area (Å²) in [6.07, 6.45) is -0.00753. The van der Waals surface area contributed by atoms with Gasteiger partial charge in [0, 0.05) is 30.8 Å². The lowest BCUT2D eigenvalue weighted by Gasteiger charge is -2.56.